The lowest BCUT2D eigenvalue weighted by Crippen LogP contribution is -2.04. The van der Waals surface area contributed by atoms with Gasteiger partial charge >= 0.3 is 0 Å². The molecule has 106 valence electrons. The first-order chi connectivity index (χ1) is 9.61. The molecule has 0 fully saturated rings. The molecule has 1 N–H and O–H groups in total. The van der Waals surface area contributed by atoms with Crippen molar-refractivity contribution in [2.24, 2.45) is 0 Å². The minimum absolute atomic E-state index is 0.499. The number of rotatable bonds is 5. The van der Waals surface area contributed by atoms with Crippen LogP contribution >= 0.6 is 23.2 Å². The van der Waals surface area contributed by atoms with Gasteiger partial charge in [-0.2, -0.15) is 0 Å². The third-order valence-corrected chi connectivity index (χ3v) is 3.31. The molecule has 1 unspecified atom stereocenters. The van der Waals surface area contributed by atoms with Crippen LogP contribution in [0.4, 0.5) is 0 Å². The highest BCUT2D eigenvalue weighted by Crippen LogP contribution is 2.32. The van der Waals surface area contributed by atoms with Crippen molar-refractivity contribution < 1.29 is 9.84 Å². The molecule has 0 spiro atoms. The van der Waals surface area contributed by atoms with Crippen LogP contribution in [0, 0.1) is 0 Å². The summed E-state index contributed by atoms with van der Waals surface area (Å²) in [6, 6.07) is 12.5. The molecule has 0 aromatic heterocycles. The minimum atomic E-state index is -0.820. The second-order valence-electron chi connectivity index (χ2n) is 4.49. The monoisotopic (exact) mass is 310 g/mol. The van der Waals surface area contributed by atoms with Crippen molar-refractivity contribution >= 4 is 23.2 Å². The second kappa shape index (κ2) is 6.98. The van der Waals surface area contributed by atoms with E-state index in [1.54, 1.807) is 18.2 Å². The zero-order valence-corrected chi connectivity index (χ0v) is 12.7. The van der Waals surface area contributed by atoms with E-state index in [2.05, 4.69) is 0 Å². The van der Waals surface area contributed by atoms with Gasteiger partial charge in [0.15, 0.2) is 0 Å². The molecule has 2 nitrogen and oxygen atoms in total. The number of benzene rings is 2. The molecule has 2 aromatic rings. The molecule has 0 radical (unpaired) electrons. The van der Waals surface area contributed by atoms with Gasteiger partial charge in [-0.1, -0.05) is 48.3 Å². The summed E-state index contributed by atoms with van der Waals surface area (Å²) in [6.07, 6.45) is 0.0900. The SMILES string of the molecule is CCCOc1ccccc1C(O)c1cc(Cl)cc(Cl)c1. The fourth-order valence-corrected chi connectivity index (χ4v) is 2.51. The van der Waals surface area contributed by atoms with Gasteiger partial charge in [0, 0.05) is 15.6 Å². The molecule has 20 heavy (non-hydrogen) atoms. The number of aliphatic hydroxyl groups excluding tert-OH is 1. The lowest BCUT2D eigenvalue weighted by Gasteiger charge is -2.17. The fourth-order valence-electron chi connectivity index (χ4n) is 1.96. The maximum absolute atomic E-state index is 10.5. The average molecular weight is 311 g/mol. The Hall–Kier alpha value is -1.22. The van der Waals surface area contributed by atoms with E-state index < -0.39 is 6.10 Å². The molecule has 0 heterocycles. The summed E-state index contributed by atoms with van der Waals surface area (Å²) in [7, 11) is 0. The van der Waals surface area contributed by atoms with Crippen LogP contribution in [0.15, 0.2) is 42.5 Å². The molecule has 0 saturated heterocycles. The predicted molar refractivity (Wildman–Crippen MR) is 82.8 cm³/mol. The summed E-state index contributed by atoms with van der Waals surface area (Å²) >= 11 is 12.0. The van der Waals surface area contributed by atoms with E-state index in [4.69, 9.17) is 27.9 Å². The zero-order chi connectivity index (χ0) is 14.5. The molecule has 0 aliphatic rings. The number of ether oxygens (including phenoxy) is 1. The van der Waals surface area contributed by atoms with E-state index in [-0.39, 0.29) is 0 Å². The first-order valence-corrected chi connectivity index (χ1v) is 7.23. The van der Waals surface area contributed by atoms with Crippen LogP contribution in [-0.4, -0.2) is 11.7 Å². The molecule has 0 aliphatic carbocycles. The van der Waals surface area contributed by atoms with Gasteiger partial charge in [-0.15, -0.1) is 0 Å². The van der Waals surface area contributed by atoms with Crippen molar-refractivity contribution in [2.75, 3.05) is 6.61 Å². The number of para-hydroxylation sites is 1. The van der Waals surface area contributed by atoms with Crippen molar-refractivity contribution in [3.8, 4) is 5.75 Å². The Morgan fingerprint density at radius 3 is 2.40 bits per heavy atom. The summed E-state index contributed by atoms with van der Waals surface area (Å²) in [4.78, 5) is 0. The highest BCUT2D eigenvalue weighted by atomic mass is 35.5. The highest BCUT2D eigenvalue weighted by Gasteiger charge is 2.16. The summed E-state index contributed by atoms with van der Waals surface area (Å²) in [5, 5.41) is 11.5. The largest absolute Gasteiger partial charge is 0.493 e. The van der Waals surface area contributed by atoms with Gasteiger partial charge in [-0.3, -0.25) is 0 Å². The number of halogens is 2. The Labute approximate surface area is 128 Å². The molecule has 2 aromatic carbocycles. The van der Waals surface area contributed by atoms with Gasteiger partial charge in [0.25, 0.3) is 0 Å². The van der Waals surface area contributed by atoms with Crippen molar-refractivity contribution in [3.63, 3.8) is 0 Å². The van der Waals surface area contributed by atoms with Gasteiger partial charge in [0.1, 0.15) is 11.9 Å². The first kappa shape index (κ1) is 15.2. The van der Waals surface area contributed by atoms with E-state index in [9.17, 15) is 5.11 Å². The van der Waals surface area contributed by atoms with E-state index >= 15 is 0 Å². The van der Waals surface area contributed by atoms with Crippen molar-refractivity contribution in [1.29, 1.82) is 0 Å². The lowest BCUT2D eigenvalue weighted by atomic mass is 10.0. The maximum atomic E-state index is 10.5. The number of hydrogen-bond donors (Lipinski definition) is 1. The van der Waals surface area contributed by atoms with Gasteiger partial charge in [0.2, 0.25) is 0 Å². The lowest BCUT2D eigenvalue weighted by molar-refractivity contribution is 0.210. The molecule has 0 amide bonds. The topological polar surface area (TPSA) is 29.5 Å². The number of aliphatic hydroxyl groups is 1. The Morgan fingerprint density at radius 1 is 1.10 bits per heavy atom. The summed E-state index contributed by atoms with van der Waals surface area (Å²) < 4.78 is 5.66. The molecule has 1 atom stereocenters. The highest BCUT2D eigenvalue weighted by molar-refractivity contribution is 6.34. The van der Waals surface area contributed by atoms with Crippen LogP contribution in [-0.2, 0) is 0 Å². The van der Waals surface area contributed by atoms with Crippen LogP contribution < -0.4 is 4.74 Å². The van der Waals surface area contributed by atoms with Crippen LogP contribution in [0.2, 0.25) is 10.0 Å². The molecule has 0 aliphatic heterocycles. The van der Waals surface area contributed by atoms with Gasteiger partial charge in [0.05, 0.1) is 6.61 Å². The summed E-state index contributed by atoms with van der Waals surface area (Å²) in [6.45, 7) is 2.65. The second-order valence-corrected chi connectivity index (χ2v) is 5.36. The third kappa shape index (κ3) is 3.66. The minimum Gasteiger partial charge on any atom is -0.493 e. The third-order valence-electron chi connectivity index (χ3n) is 2.88. The van der Waals surface area contributed by atoms with Crippen LogP contribution in [0.5, 0.6) is 5.75 Å². The Morgan fingerprint density at radius 2 is 1.75 bits per heavy atom. The predicted octanol–water partition coefficient (Wildman–Crippen LogP) is 4.86. The molecular formula is C16H16Cl2O2. The number of hydrogen-bond acceptors (Lipinski definition) is 2. The average Bonchev–Trinajstić information content (AvgIpc) is 2.43. The van der Waals surface area contributed by atoms with E-state index in [1.165, 1.54) is 0 Å². The van der Waals surface area contributed by atoms with Gasteiger partial charge in [-0.05, 0) is 36.2 Å². The van der Waals surface area contributed by atoms with E-state index in [0.29, 0.717) is 33.5 Å². The molecular weight excluding hydrogens is 295 g/mol. The van der Waals surface area contributed by atoms with Gasteiger partial charge < -0.3 is 9.84 Å². The van der Waals surface area contributed by atoms with Crippen molar-refractivity contribution in [1.82, 2.24) is 0 Å². The zero-order valence-electron chi connectivity index (χ0n) is 11.1. The fraction of sp³-hybridized carbons (Fsp3) is 0.250. The Kier molecular flexibility index (Phi) is 5.30. The summed E-state index contributed by atoms with van der Waals surface area (Å²) in [5.74, 6) is 0.679. The Bertz CT molecular complexity index is 564. The molecule has 0 saturated carbocycles. The van der Waals surface area contributed by atoms with E-state index in [1.807, 2.05) is 31.2 Å². The summed E-state index contributed by atoms with van der Waals surface area (Å²) in [5.41, 5.74) is 1.36. The maximum Gasteiger partial charge on any atom is 0.125 e. The standard InChI is InChI=1S/C16H16Cl2O2/c1-2-7-20-15-6-4-3-5-14(15)16(19)11-8-12(17)10-13(18)9-11/h3-6,8-10,16,19H,2,7H2,1H3. The van der Waals surface area contributed by atoms with Crippen LogP contribution in [0.1, 0.15) is 30.6 Å². The normalized spacial score (nSPS) is 12.2. The Balaban J connectivity index is 2.34. The van der Waals surface area contributed by atoms with Crippen molar-refractivity contribution in [3.05, 3.63) is 63.6 Å². The van der Waals surface area contributed by atoms with Crippen LogP contribution in [0.3, 0.4) is 0 Å². The first-order valence-electron chi connectivity index (χ1n) is 6.47. The molecule has 4 heteroatoms. The molecule has 0 bridgehead atoms. The smallest absolute Gasteiger partial charge is 0.125 e. The molecule has 2 rings (SSSR count). The van der Waals surface area contributed by atoms with E-state index in [0.717, 1.165) is 6.42 Å². The van der Waals surface area contributed by atoms with Gasteiger partial charge in [-0.25, -0.2) is 0 Å². The van der Waals surface area contributed by atoms with Crippen molar-refractivity contribution in [2.45, 2.75) is 19.4 Å². The van der Waals surface area contributed by atoms with Crippen LogP contribution in [0.25, 0.3) is 0 Å². The quantitative estimate of drug-likeness (QED) is 0.854.